The van der Waals surface area contributed by atoms with Crippen molar-refractivity contribution in [3.63, 3.8) is 0 Å². The third-order valence-electron chi connectivity index (χ3n) is 1.77. The maximum Gasteiger partial charge on any atom is 0.203 e. The van der Waals surface area contributed by atoms with E-state index in [4.69, 9.17) is 10.8 Å². The van der Waals surface area contributed by atoms with E-state index in [0.29, 0.717) is 11.6 Å². The number of phenolic OH excluding ortho intramolecular Hbond substituents is 1. The summed E-state index contributed by atoms with van der Waals surface area (Å²) in [5.74, 6) is 0.269. The lowest BCUT2D eigenvalue weighted by Crippen LogP contribution is -1.86. The van der Waals surface area contributed by atoms with Crippen molar-refractivity contribution in [2.24, 2.45) is 0 Å². The molecule has 0 aliphatic carbocycles. The van der Waals surface area contributed by atoms with Gasteiger partial charge in [0.25, 0.3) is 0 Å². The van der Waals surface area contributed by atoms with Crippen molar-refractivity contribution in [1.29, 1.82) is 0 Å². The summed E-state index contributed by atoms with van der Waals surface area (Å²) in [6.45, 7) is 0. The number of aromatic nitrogens is 2. The van der Waals surface area contributed by atoms with Gasteiger partial charge >= 0.3 is 0 Å². The fourth-order valence-electron chi connectivity index (χ4n) is 1.13. The standard InChI is InChI=1S/C9H9N3OS/c10-9-12-11-8(14-9)5-6-1-3-7(13)4-2-6/h1-4,13H,5H2,(H2,10,12). The van der Waals surface area contributed by atoms with E-state index in [0.717, 1.165) is 10.6 Å². The van der Waals surface area contributed by atoms with Gasteiger partial charge in [0, 0.05) is 6.42 Å². The van der Waals surface area contributed by atoms with Crippen molar-refractivity contribution in [3.8, 4) is 5.75 Å². The van der Waals surface area contributed by atoms with Gasteiger partial charge in [-0.1, -0.05) is 23.5 Å². The van der Waals surface area contributed by atoms with Gasteiger partial charge in [0.05, 0.1) is 0 Å². The van der Waals surface area contributed by atoms with E-state index >= 15 is 0 Å². The molecule has 0 amide bonds. The Kier molecular flexibility index (Phi) is 2.32. The summed E-state index contributed by atoms with van der Waals surface area (Å²) < 4.78 is 0. The monoisotopic (exact) mass is 207 g/mol. The Bertz CT molecular complexity index is 424. The Morgan fingerprint density at radius 3 is 2.50 bits per heavy atom. The predicted molar refractivity (Wildman–Crippen MR) is 55.2 cm³/mol. The zero-order valence-corrected chi connectivity index (χ0v) is 8.16. The molecule has 2 aromatic rings. The first-order valence-corrected chi connectivity index (χ1v) is 4.91. The van der Waals surface area contributed by atoms with E-state index < -0.39 is 0 Å². The van der Waals surface area contributed by atoms with Crippen LogP contribution in [0.25, 0.3) is 0 Å². The molecule has 1 aromatic carbocycles. The molecule has 0 unspecified atom stereocenters. The van der Waals surface area contributed by atoms with E-state index in [2.05, 4.69) is 10.2 Å². The van der Waals surface area contributed by atoms with Crippen molar-refractivity contribution < 1.29 is 5.11 Å². The first-order valence-electron chi connectivity index (χ1n) is 4.10. The van der Waals surface area contributed by atoms with Crippen LogP contribution in [0, 0.1) is 0 Å². The van der Waals surface area contributed by atoms with Crippen molar-refractivity contribution in [2.45, 2.75) is 6.42 Å². The molecule has 3 N–H and O–H groups in total. The van der Waals surface area contributed by atoms with Crippen LogP contribution in [-0.4, -0.2) is 15.3 Å². The Morgan fingerprint density at radius 1 is 1.21 bits per heavy atom. The van der Waals surface area contributed by atoms with Crippen LogP contribution >= 0.6 is 11.3 Å². The Morgan fingerprint density at radius 2 is 1.93 bits per heavy atom. The zero-order chi connectivity index (χ0) is 9.97. The van der Waals surface area contributed by atoms with Crippen molar-refractivity contribution in [2.75, 3.05) is 5.73 Å². The van der Waals surface area contributed by atoms with Gasteiger partial charge in [-0.25, -0.2) is 0 Å². The predicted octanol–water partition coefficient (Wildman–Crippen LogP) is 1.42. The average Bonchev–Trinajstić information content (AvgIpc) is 2.56. The van der Waals surface area contributed by atoms with E-state index in [1.807, 2.05) is 12.1 Å². The second-order valence-corrected chi connectivity index (χ2v) is 3.97. The molecule has 0 spiro atoms. The van der Waals surface area contributed by atoms with Crippen LogP contribution in [0.2, 0.25) is 0 Å². The van der Waals surface area contributed by atoms with Gasteiger partial charge in [-0.2, -0.15) is 0 Å². The van der Waals surface area contributed by atoms with E-state index in [1.54, 1.807) is 12.1 Å². The van der Waals surface area contributed by atoms with E-state index in [9.17, 15) is 0 Å². The summed E-state index contributed by atoms with van der Waals surface area (Å²) in [6, 6.07) is 7.01. The first-order chi connectivity index (χ1) is 6.74. The van der Waals surface area contributed by atoms with Crippen molar-refractivity contribution in [1.82, 2.24) is 10.2 Å². The third kappa shape index (κ3) is 2.00. The molecule has 0 bridgehead atoms. The topological polar surface area (TPSA) is 72.0 Å². The van der Waals surface area contributed by atoms with Crippen LogP contribution in [0.4, 0.5) is 5.13 Å². The molecule has 0 fully saturated rings. The van der Waals surface area contributed by atoms with Gasteiger partial charge in [0.15, 0.2) is 0 Å². The number of nitrogens with zero attached hydrogens (tertiary/aromatic N) is 2. The quantitative estimate of drug-likeness (QED) is 0.781. The fourth-order valence-corrected chi connectivity index (χ4v) is 1.77. The molecule has 0 aliphatic heterocycles. The SMILES string of the molecule is Nc1nnc(Cc2ccc(O)cc2)s1. The van der Waals surface area contributed by atoms with Crippen LogP contribution in [0.3, 0.4) is 0 Å². The summed E-state index contributed by atoms with van der Waals surface area (Å²) in [7, 11) is 0. The van der Waals surface area contributed by atoms with Crippen LogP contribution < -0.4 is 5.73 Å². The molecule has 14 heavy (non-hydrogen) atoms. The highest BCUT2D eigenvalue weighted by molar-refractivity contribution is 7.15. The number of rotatable bonds is 2. The normalized spacial score (nSPS) is 10.3. The second-order valence-electron chi connectivity index (χ2n) is 2.88. The highest BCUT2D eigenvalue weighted by Gasteiger charge is 2.02. The molecule has 72 valence electrons. The molecule has 0 radical (unpaired) electrons. The Balaban J connectivity index is 2.15. The molecule has 5 heteroatoms. The fraction of sp³-hybridized carbons (Fsp3) is 0.111. The van der Waals surface area contributed by atoms with Gasteiger partial charge in [-0.15, -0.1) is 10.2 Å². The molecular formula is C9H9N3OS. The number of hydrogen-bond donors (Lipinski definition) is 2. The molecule has 4 nitrogen and oxygen atoms in total. The third-order valence-corrected chi connectivity index (χ3v) is 2.53. The summed E-state index contributed by atoms with van der Waals surface area (Å²) in [5.41, 5.74) is 6.54. The number of hydrogen-bond acceptors (Lipinski definition) is 5. The summed E-state index contributed by atoms with van der Waals surface area (Å²) in [5, 5.41) is 18.1. The lowest BCUT2D eigenvalue weighted by atomic mass is 10.1. The van der Waals surface area contributed by atoms with E-state index in [-0.39, 0.29) is 5.75 Å². The van der Waals surface area contributed by atoms with Crippen molar-refractivity contribution >= 4 is 16.5 Å². The van der Waals surface area contributed by atoms with Gasteiger partial charge in [0.2, 0.25) is 5.13 Å². The molecular weight excluding hydrogens is 198 g/mol. The number of phenols is 1. The molecule has 0 saturated carbocycles. The maximum absolute atomic E-state index is 9.08. The molecule has 0 saturated heterocycles. The molecule has 1 heterocycles. The van der Waals surface area contributed by atoms with Gasteiger partial charge in [-0.05, 0) is 17.7 Å². The minimum atomic E-state index is 0.269. The number of aromatic hydroxyl groups is 1. The van der Waals surface area contributed by atoms with Crippen molar-refractivity contribution in [3.05, 3.63) is 34.8 Å². The van der Waals surface area contributed by atoms with Gasteiger partial charge < -0.3 is 10.8 Å². The Hall–Kier alpha value is -1.62. The van der Waals surface area contributed by atoms with Gasteiger partial charge in [-0.3, -0.25) is 0 Å². The second kappa shape index (κ2) is 3.63. The average molecular weight is 207 g/mol. The zero-order valence-electron chi connectivity index (χ0n) is 7.34. The minimum Gasteiger partial charge on any atom is -0.508 e. The van der Waals surface area contributed by atoms with Crippen LogP contribution in [0.1, 0.15) is 10.6 Å². The summed E-state index contributed by atoms with van der Waals surface area (Å²) >= 11 is 1.38. The molecule has 2 rings (SSSR count). The number of nitrogens with two attached hydrogens (primary N) is 1. The van der Waals surface area contributed by atoms with Gasteiger partial charge in [0.1, 0.15) is 10.8 Å². The van der Waals surface area contributed by atoms with Crippen LogP contribution in [0.15, 0.2) is 24.3 Å². The molecule has 0 aliphatic rings. The number of anilines is 1. The smallest absolute Gasteiger partial charge is 0.203 e. The number of benzene rings is 1. The maximum atomic E-state index is 9.08. The molecule has 0 atom stereocenters. The number of nitrogen functional groups attached to an aromatic ring is 1. The lowest BCUT2D eigenvalue weighted by molar-refractivity contribution is 0.475. The van der Waals surface area contributed by atoms with Crippen LogP contribution in [-0.2, 0) is 6.42 Å². The highest BCUT2D eigenvalue weighted by atomic mass is 32.1. The van der Waals surface area contributed by atoms with E-state index in [1.165, 1.54) is 11.3 Å². The minimum absolute atomic E-state index is 0.269. The van der Waals surface area contributed by atoms with Crippen LogP contribution in [0.5, 0.6) is 5.75 Å². The largest absolute Gasteiger partial charge is 0.508 e. The molecule has 1 aromatic heterocycles. The lowest BCUT2D eigenvalue weighted by Gasteiger charge is -1.96. The summed E-state index contributed by atoms with van der Waals surface area (Å²) in [6.07, 6.45) is 0.704. The Labute approximate surface area is 85.0 Å². The highest BCUT2D eigenvalue weighted by Crippen LogP contribution is 2.17. The first kappa shape index (κ1) is 8.96. The summed E-state index contributed by atoms with van der Waals surface area (Å²) in [4.78, 5) is 0.